The molecule has 1 saturated carbocycles. The molecular weight excluding hydrogens is 258 g/mol. The van der Waals surface area contributed by atoms with E-state index in [0.29, 0.717) is 31.6 Å². The number of hydrogen-bond acceptors (Lipinski definition) is 5. The van der Waals surface area contributed by atoms with Gasteiger partial charge < -0.3 is 14.6 Å². The molecule has 2 aliphatic rings. The minimum atomic E-state index is -0.0317. The van der Waals surface area contributed by atoms with Gasteiger partial charge in [0, 0.05) is 12.5 Å². The molecule has 1 amide bonds. The quantitative estimate of drug-likeness (QED) is 0.909. The van der Waals surface area contributed by atoms with Gasteiger partial charge in [-0.3, -0.25) is 4.79 Å². The molecule has 110 valence electrons. The summed E-state index contributed by atoms with van der Waals surface area (Å²) in [7, 11) is 0. The molecule has 1 N–H and O–H groups in total. The Bertz CT molecular complexity index is 448. The maximum absolute atomic E-state index is 11.8. The van der Waals surface area contributed by atoms with Gasteiger partial charge in [-0.25, -0.2) is 0 Å². The predicted octanol–water partition coefficient (Wildman–Crippen LogP) is 1.77. The van der Waals surface area contributed by atoms with Crippen LogP contribution in [0.15, 0.2) is 4.52 Å². The normalized spacial score (nSPS) is 23.9. The average Bonchev–Trinajstić information content (AvgIpc) is 3.17. The molecule has 6 heteroatoms. The summed E-state index contributed by atoms with van der Waals surface area (Å²) in [5.74, 6) is 1.71. The Kier molecular flexibility index (Phi) is 4.30. The van der Waals surface area contributed by atoms with Gasteiger partial charge in [0.15, 0.2) is 5.82 Å². The lowest BCUT2D eigenvalue weighted by atomic mass is 9.89. The number of nitrogens with one attached hydrogen (secondary N) is 1. The zero-order valence-corrected chi connectivity index (χ0v) is 11.6. The third-order valence-electron chi connectivity index (χ3n) is 4.17. The minimum Gasteiger partial charge on any atom is -0.381 e. The number of hydrogen-bond donors (Lipinski definition) is 1. The van der Waals surface area contributed by atoms with Crippen LogP contribution < -0.4 is 5.32 Å². The van der Waals surface area contributed by atoms with E-state index in [-0.39, 0.29) is 11.8 Å². The van der Waals surface area contributed by atoms with Crippen molar-refractivity contribution in [2.45, 2.75) is 51.0 Å². The second-order valence-corrected chi connectivity index (χ2v) is 5.66. The molecule has 0 bridgehead atoms. The molecule has 1 atom stereocenters. The van der Waals surface area contributed by atoms with Gasteiger partial charge in [-0.1, -0.05) is 24.4 Å². The van der Waals surface area contributed by atoms with Crippen molar-refractivity contribution in [1.29, 1.82) is 0 Å². The van der Waals surface area contributed by atoms with Crippen LogP contribution >= 0.6 is 0 Å². The van der Waals surface area contributed by atoms with Crippen LogP contribution in [0.25, 0.3) is 0 Å². The first-order valence-corrected chi connectivity index (χ1v) is 7.51. The molecule has 1 aliphatic heterocycles. The molecule has 0 radical (unpaired) electrons. The summed E-state index contributed by atoms with van der Waals surface area (Å²) in [5, 5.41) is 6.90. The second-order valence-electron chi connectivity index (χ2n) is 5.66. The Morgan fingerprint density at radius 2 is 2.10 bits per heavy atom. The third kappa shape index (κ3) is 3.17. The van der Waals surface area contributed by atoms with Crippen molar-refractivity contribution in [3.8, 4) is 0 Å². The van der Waals surface area contributed by atoms with Crippen LogP contribution in [-0.4, -0.2) is 29.3 Å². The van der Waals surface area contributed by atoms with Crippen LogP contribution in [0.1, 0.15) is 56.2 Å². The molecule has 2 fully saturated rings. The highest BCUT2D eigenvalue weighted by molar-refractivity contribution is 5.78. The van der Waals surface area contributed by atoms with Crippen LogP contribution in [0.3, 0.4) is 0 Å². The predicted molar refractivity (Wildman–Crippen MR) is 70.9 cm³/mol. The summed E-state index contributed by atoms with van der Waals surface area (Å²) < 4.78 is 10.4. The van der Waals surface area contributed by atoms with Crippen molar-refractivity contribution < 1.29 is 14.1 Å². The average molecular weight is 279 g/mol. The molecule has 0 unspecified atom stereocenters. The van der Waals surface area contributed by atoms with Gasteiger partial charge in [-0.2, -0.15) is 4.98 Å². The molecular formula is C14H21N3O3. The van der Waals surface area contributed by atoms with Crippen LogP contribution in [0.2, 0.25) is 0 Å². The van der Waals surface area contributed by atoms with Crippen LogP contribution in [0.4, 0.5) is 0 Å². The number of aromatic nitrogens is 2. The molecule has 1 aromatic heterocycles. The first-order chi connectivity index (χ1) is 9.83. The lowest BCUT2D eigenvalue weighted by molar-refractivity contribution is -0.125. The second kappa shape index (κ2) is 6.35. The number of carbonyl (C=O) groups excluding carboxylic acids is 1. The van der Waals surface area contributed by atoms with Gasteiger partial charge in [0.25, 0.3) is 0 Å². The van der Waals surface area contributed by atoms with E-state index in [1.807, 2.05) is 0 Å². The van der Waals surface area contributed by atoms with Crippen molar-refractivity contribution in [3.63, 3.8) is 0 Å². The SMILES string of the molecule is O=C(NCc1nc(C2CCCCC2)no1)[C@H]1CCOC1. The maximum atomic E-state index is 11.8. The van der Waals surface area contributed by atoms with Gasteiger partial charge in [0.05, 0.1) is 19.1 Å². The Labute approximate surface area is 118 Å². The van der Waals surface area contributed by atoms with Crippen molar-refractivity contribution >= 4 is 5.91 Å². The molecule has 0 spiro atoms. The number of ether oxygens (including phenoxy) is 1. The molecule has 0 aromatic carbocycles. The van der Waals surface area contributed by atoms with Crippen molar-refractivity contribution in [2.75, 3.05) is 13.2 Å². The Balaban J connectivity index is 1.50. The zero-order valence-electron chi connectivity index (χ0n) is 11.6. The summed E-state index contributed by atoms with van der Waals surface area (Å²) >= 11 is 0. The fourth-order valence-corrected chi connectivity index (χ4v) is 2.91. The summed E-state index contributed by atoms with van der Waals surface area (Å²) in [4.78, 5) is 16.3. The first kappa shape index (κ1) is 13.5. The van der Waals surface area contributed by atoms with Crippen molar-refractivity contribution in [3.05, 3.63) is 11.7 Å². The Morgan fingerprint density at radius 1 is 1.25 bits per heavy atom. The van der Waals surface area contributed by atoms with E-state index in [9.17, 15) is 4.79 Å². The molecule has 1 aliphatic carbocycles. The third-order valence-corrected chi connectivity index (χ3v) is 4.17. The minimum absolute atomic E-state index is 0.0138. The Morgan fingerprint density at radius 3 is 2.85 bits per heavy atom. The fraction of sp³-hybridized carbons (Fsp3) is 0.786. The van der Waals surface area contributed by atoms with Gasteiger partial charge in [0.1, 0.15) is 0 Å². The van der Waals surface area contributed by atoms with E-state index in [1.54, 1.807) is 0 Å². The van der Waals surface area contributed by atoms with Crippen LogP contribution in [-0.2, 0) is 16.1 Å². The lowest BCUT2D eigenvalue weighted by Gasteiger charge is -2.17. The lowest BCUT2D eigenvalue weighted by Crippen LogP contribution is -2.30. The highest BCUT2D eigenvalue weighted by atomic mass is 16.5. The monoisotopic (exact) mass is 279 g/mol. The van der Waals surface area contributed by atoms with Crippen molar-refractivity contribution in [1.82, 2.24) is 15.5 Å². The van der Waals surface area contributed by atoms with Crippen molar-refractivity contribution in [2.24, 2.45) is 5.92 Å². The van der Waals surface area contributed by atoms with Gasteiger partial charge in [-0.15, -0.1) is 0 Å². The molecule has 6 nitrogen and oxygen atoms in total. The number of carbonyl (C=O) groups is 1. The topological polar surface area (TPSA) is 77.3 Å². The van der Waals surface area contributed by atoms with Crippen LogP contribution in [0.5, 0.6) is 0 Å². The van der Waals surface area contributed by atoms with E-state index >= 15 is 0 Å². The number of amides is 1. The van der Waals surface area contributed by atoms with E-state index in [1.165, 1.54) is 19.3 Å². The number of rotatable bonds is 4. The molecule has 3 rings (SSSR count). The fourth-order valence-electron chi connectivity index (χ4n) is 2.91. The maximum Gasteiger partial charge on any atom is 0.246 e. The summed E-state index contributed by atoms with van der Waals surface area (Å²) in [6.45, 7) is 1.50. The molecule has 1 aromatic rings. The van der Waals surface area contributed by atoms with Crippen LogP contribution in [0, 0.1) is 5.92 Å². The van der Waals surface area contributed by atoms with Gasteiger partial charge in [-0.05, 0) is 19.3 Å². The standard InChI is InChI=1S/C14H21N3O3/c18-14(11-6-7-19-9-11)15-8-12-16-13(17-20-12)10-4-2-1-3-5-10/h10-11H,1-9H2,(H,15,18)/t11-/m0/s1. The molecule has 2 heterocycles. The van der Waals surface area contributed by atoms with E-state index in [4.69, 9.17) is 9.26 Å². The smallest absolute Gasteiger partial charge is 0.246 e. The van der Waals surface area contributed by atoms with E-state index < -0.39 is 0 Å². The highest BCUT2D eigenvalue weighted by Gasteiger charge is 2.24. The van der Waals surface area contributed by atoms with E-state index in [0.717, 1.165) is 25.1 Å². The molecule has 1 saturated heterocycles. The highest BCUT2D eigenvalue weighted by Crippen LogP contribution is 2.30. The molecule has 20 heavy (non-hydrogen) atoms. The zero-order chi connectivity index (χ0) is 13.8. The van der Waals surface area contributed by atoms with Gasteiger partial charge >= 0.3 is 0 Å². The number of nitrogens with zero attached hydrogens (tertiary/aromatic N) is 2. The Hall–Kier alpha value is -1.43. The van der Waals surface area contributed by atoms with E-state index in [2.05, 4.69) is 15.5 Å². The largest absolute Gasteiger partial charge is 0.381 e. The first-order valence-electron chi connectivity index (χ1n) is 7.51. The summed E-state index contributed by atoms with van der Waals surface area (Å²) in [6.07, 6.45) is 6.87. The summed E-state index contributed by atoms with van der Waals surface area (Å²) in [6, 6.07) is 0. The summed E-state index contributed by atoms with van der Waals surface area (Å²) in [5.41, 5.74) is 0. The van der Waals surface area contributed by atoms with Gasteiger partial charge in [0.2, 0.25) is 11.8 Å².